The van der Waals surface area contributed by atoms with Gasteiger partial charge >= 0.3 is 0 Å². The summed E-state index contributed by atoms with van der Waals surface area (Å²) in [7, 11) is 0. The van der Waals surface area contributed by atoms with E-state index in [2.05, 4.69) is 41.5 Å². The Morgan fingerprint density at radius 2 is 1.29 bits per heavy atom. The lowest BCUT2D eigenvalue weighted by molar-refractivity contribution is -0.276. The molecule has 0 N–H and O–H groups in total. The standard InChI is InChI=1S/C15H32O2/c1-7-9-10-12-15(11-8-2,16-13(3)4)17-14(5)6/h13-14H,7-12H2,1-6H3. The molecule has 0 radical (unpaired) electrons. The molecular formula is C15H32O2. The fourth-order valence-corrected chi connectivity index (χ4v) is 2.27. The van der Waals surface area contributed by atoms with Crippen LogP contribution in [0, 0.1) is 0 Å². The molecule has 0 aliphatic carbocycles. The molecule has 0 aromatic carbocycles. The number of unbranched alkanes of at least 4 members (excludes halogenated alkanes) is 2. The number of ether oxygens (including phenoxy) is 2. The summed E-state index contributed by atoms with van der Waals surface area (Å²) >= 11 is 0. The molecule has 17 heavy (non-hydrogen) atoms. The third-order valence-corrected chi connectivity index (χ3v) is 2.69. The fraction of sp³-hybridized carbons (Fsp3) is 1.00. The highest BCUT2D eigenvalue weighted by molar-refractivity contribution is 4.72. The minimum absolute atomic E-state index is 0.224. The Labute approximate surface area is 108 Å². The van der Waals surface area contributed by atoms with Crippen molar-refractivity contribution in [1.29, 1.82) is 0 Å². The largest absolute Gasteiger partial charge is 0.347 e. The highest BCUT2D eigenvalue weighted by atomic mass is 16.7. The molecule has 0 spiro atoms. The Morgan fingerprint density at radius 1 is 0.765 bits per heavy atom. The predicted octanol–water partition coefficient (Wildman–Crippen LogP) is 4.91. The zero-order valence-electron chi connectivity index (χ0n) is 12.7. The van der Waals surface area contributed by atoms with Crippen molar-refractivity contribution in [2.75, 3.05) is 0 Å². The van der Waals surface area contributed by atoms with E-state index in [1.54, 1.807) is 0 Å². The lowest BCUT2D eigenvalue weighted by atomic mass is 10.0. The molecule has 0 heterocycles. The Kier molecular flexibility index (Phi) is 8.89. The zero-order chi connectivity index (χ0) is 13.3. The van der Waals surface area contributed by atoms with Gasteiger partial charge in [0.05, 0.1) is 12.2 Å². The van der Waals surface area contributed by atoms with Crippen LogP contribution in [0.25, 0.3) is 0 Å². The minimum Gasteiger partial charge on any atom is -0.347 e. The summed E-state index contributed by atoms with van der Waals surface area (Å²) in [6, 6.07) is 0. The van der Waals surface area contributed by atoms with Crippen molar-refractivity contribution in [1.82, 2.24) is 0 Å². The van der Waals surface area contributed by atoms with E-state index in [4.69, 9.17) is 9.47 Å². The molecule has 0 aliphatic heterocycles. The molecule has 0 aliphatic rings. The van der Waals surface area contributed by atoms with Gasteiger partial charge in [-0.1, -0.05) is 33.1 Å². The molecule has 0 saturated carbocycles. The molecule has 0 unspecified atom stereocenters. The normalized spacial score (nSPS) is 12.7. The van der Waals surface area contributed by atoms with Gasteiger partial charge in [0, 0.05) is 12.8 Å². The van der Waals surface area contributed by atoms with Crippen LogP contribution in [-0.4, -0.2) is 18.0 Å². The monoisotopic (exact) mass is 244 g/mol. The van der Waals surface area contributed by atoms with Crippen LogP contribution >= 0.6 is 0 Å². The fourth-order valence-electron chi connectivity index (χ4n) is 2.27. The first-order valence-corrected chi connectivity index (χ1v) is 7.31. The van der Waals surface area contributed by atoms with Gasteiger partial charge in [0.2, 0.25) is 0 Å². The van der Waals surface area contributed by atoms with E-state index in [0.717, 1.165) is 19.3 Å². The Balaban J connectivity index is 4.55. The van der Waals surface area contributed by atoms with Crippen molar-refractivity contribution in [2.45, 2.75) is 98.1 Å². The Morgan fingerprint density at radius 3 is 1.65 bits per heavy atom. The summed E-state index contributed by atoms with van der Waals surface area (Å²) in [5.41, 5.74) is 0. The maximum absolute atomic E-state index is 6.11. The molecule has 0 rings (SSSR count). The third kappa shape index (κ3) is 7.77. The molecule has 0 atom stereocenters. The highest BCUT2D eigenvalue weighted by Crippen LogP contribution is 2.30. The summed E-state index contributed by atoms with van der Waals surface area (Å²) in [6.07, 6.45) is 7.25. The second kappa shape index (κ2) is 8.93. The van der Waals surface area contributed by atoms with E-state index in [1.807, 2.05) is 0 Å². The van der Waals surface area contributed by atoms with Gasteiger partial charge in [0.15, 0.2) is 5.79 Å². The van der Waals surface area contributed by atoms with Gasteiger partial charge in [-0.2, -0.15) is 0 Å². The van der Waals surface area contributed by atoms with Gasteiger partial charge in [-0.25, -0.2) is 0 Å². The number of rotatable bonds is 10. The van der Waals surface area contributed by atoms with E-state index < -0.39 is 0 Å². The van der Waals surface area contributed by atoms with Gasteiger partial charge < -0.3 is 9.47 Å². The smallest absolute Gasteiger partial charge is 0.168 e. The molecule has 0 saturated heterocycles. The molecule has 2 heteroatoms. The average Bonchev–Trinajstić information content (AvgIpc) is 2.16. The van der Waals surface area contributed by atoms with Crippen molar-refractivity contribution in [3.05, 3.63) is 0 Å². The van der Waals surface area contributed by atoms with Gasteiger partial charge in [0.25, 0.3) is 0 Å². The minimum atomic E-state index is -0.355. The lowest BCUT2D eigenvalue weighted by Crippen LogP contribution is -2.40. The van der Waals surface area contributed by atoms with E-state index in [-0.39, 0.29) is 18.0 Å². The lowest BCUT2D eigenvalue weighted by Gasteiger charge is -2.37. The van der Waals surface area contributed by atoms with Crippen LogP contribution in [0.15, 0.2) is 0 Å². The van der Waals surface area contributed by atoms with Crippen molar-refractivity contribution >= 4 is 0 Å². The second-order valence-electron chi connectivity index (χ2n) is 5.45. The summed E-state index contributed by atoms with van der Waals surface area (Å²) in [6.45, 7) is 12.8. The van der Waals surface area contributed by atoms with Crippen LogP contribution < -0.4 is 0 Å². The van der Waals surface area contributed by atoms with E-state index >= 15 is 0 Å². The van der Waals surface area contributed by atoms with Crippen LogP contribution in [0.2, 0.25) is 0 Å². The van der Waals surface area contributed by atoms with E-state index in [1.165, 1.54) is 19.3 Å². The van der Waals surface area contributed by atoms with Crippen molar-refractivity contribution in [3.63, 3.8) is 0 Å². The van der Waals surface area contributed by atoms with Crippen LogP contribution in [0.4, 0.5) is 0 Å². The summed E-state index contributed by atoms with van der Waals surface area (Å²) in [5, 5.41) is 0. The summed E-state index contributed by atoms with van der Waals surface area (Å²) < 4.78 is 12.2. The topological polar surface area (TPSA) is 18.5 Å². The number of hydrogen-bond acceptors (Lipinski definition) is 2. The first kappa shape index (κ1) is 16.9. The maximum atomic E-state index is 6.11. The molecule has 2 nitrogen and oxygen atoms in total. The second-order valence-corrected chi connectivity index (χ2v) is 5.45. The van der Waals surface area contributed by atoms with Gasteiger partial charge in [-0.15, -0.1) is 0 Å². The molecule has 0 amide bonds. The van der Waals surface area contributed by atoms with Crippen LogP contribution in [0.5, 0.6) is 0 Å². The average molecular weight is 244 g/mol. The van der Waals surface area contributed by atoms with Crippen molar-refractivity contribution < 1.29 is 9.47 Å². The van der Waals surface area contributed by atoms with Crippen LogP contribution in [-0.2, 0) is 9.47 Å². The van der Waals surface area contributed by atoms with Gasteiger partial charge in [-0.05, 0) is 34.1 Å². The molecule has 0 aromatic rings. The Hall–Kier alpha value is -0.0800. The molecule has 0 fully saturated rings. The van der Waals surface area contributed by atoms with E-state index in [0.29, 0.717) is 0 Å². The summed E-state index contributed by atoms with van der Waals surface area (Å²) in [5.74, 6) is -0.355. The quantitative estimate of drug-likeness (QED) is 0.401. The first-order valence-electron chi connectivity index (χ1n) is 7.31. The highest BCUT2D eigenvalue weighted by Gasteiger charge is 2.32. The molecule has 0 aromatic heterocycles. The number of hydrogen-bond donors (Lipinski definition) is 0. The molecule has 104 valence electrons. The van der Waals surface area contributed by atoms with Crippen LogP contribution in [0.1, 0.15) is 80.1 Å². The first-order chi connectivity index (χ1) is 7.95. The SMILES string of the molecule is CCCCCC(CCC)(OC(C)C)OC(C)C. The zero-order valence-corrected chi connectivity index (χ0v) is 12.7. The van der Waals surface area contributed by atoms with E-state index in [9.17, 15) is 0 Å². The predicted molar refractivity (Wildman–Crippen MR) is 74.2 cm³/mol. The third-order valence-electron chi connectivity index (χ3n) is 2.69. The van der Waals surface area contributed by atoms with Gasteiger partial charge in [0.1, 0.15) is 0 Å². The van der Waals surface area contributed by atoms with Crippen molar-refractivity contribution in [3.8, 4) is 0 Å². The molecular weight excluding hydrogens is 212 g/mol. The van der Waals surface area contributed by atoms with Gasteiger partial charge in [-0.3, -0.25) is 0 Å². The maximum Gasteiger partial charge on any atom is 0.168 e. The van der Waals surface area contributed by atoms with Crippen LogP contribution in [0.3, 0.4) is 0 Å². The molecule has 0 bridgehead atoms. The summed E-state index contributed by atoms with van der Waals surface area (Å²) in [4.78, 5) is 0. The van der Waals surface area contributed by atoms with Crippen molar-refractivity contribution in [2.24, 2.45) is 0 Å². The Bertz CT molecular complexity index is 166.